The first-order valence-corrected chi connectivity index (χ1v) is 10.4. The lowest BCUT2D eigenvalue weighted by molar-refractivity contribution is -0.164. The van der Waals surface area contributed by atoms with E-state index >= 15 is 0 Å². The van der Waals surface area contributed by atoms with Crippen LogP contribution in [-0.4, -0.2) is 67.9 Å². The molecule has 1 aliphatic carbocycles. The van der Waals surface area contributed by atoms with Crippen LogP contribution in [0.2, 0.25) is 0 Å². The number of nitrogens with zero attached hydrogens (tertiary/aromatic N) is 3. The minimum absolute atomic E-state index is 0.00850. The Morgan fingerprint density at radius 2 is 2.04 bits per heavy atom. The zero-order valence-corrected chi connectivity index (χ0v) is 16.3. The van der Waals surface area contributed by atoms with Gasteiger partial charge in [-0.05, 0) is 50.7 Å². The van der Waals surface area contributed by atoms with Gasteiger partial charge in [-0.25, -0.2) is 0 Å². The first-order chi connectivity index (χ1) is 13.2. The van der Waals surface area contributed by atoms with Gasteiger partial charge < -0.3 is 14.4 Å². The van der Waals surface area contributed by atoms with Crippen LogP contribution in [-0.2, 0) is 14.3 Å². The molecule has 3 heterocycles. The van der Waals surface area contributed by atoms with E-state index < -0.39 is 0 Å². The third kappa shape index (κ3) is 3.69. The van der Waals surface area contributed by atoms with Gasteiger partial charge >= 0.3 is 5.97 Å². The highest BCUT2D eigenvalue weighted by Gasteiger charge is 2.53. The van der Waals surface area contributed by atoms with Crippen molar-refractivity contribution in [1.29, 1.82) is 0 Å². The van der Waals surface area contributed by atoms with Gasteiger partial charge in [0, 0.05) is 50.3 Å². The molecule has 3 fully saturated rings. The maximum absolute atomic E-state index is 13.1. The Morgan fingerprint density at radius 1 is 1.26 bits per heavy atom. The van der Waals surface area contributed by atoms with Crippen LogP contribution in [0.5, 0.6) is 0 Å². The number of anilines is 1. The van der Waals surface area contributed by atoms with Crippen molar-refractivity contribution in [1.82, 2.24) is 9.88 Å². The number of esters is 1. The molecule has 3 aliphatic rings. The summed E-state index contributed by atoms with van der Waals surface area (Å²) in [6, 6.07) is 4.66. The Balaban J connectivity index is 1.54. The van der Waals surface area contributed by atoms with Crippen LogP contribution in [0.1, 0.15) is 32.6 Å². The molecular weight excluding hydrogens is 342 g/mol. The average Bonchev–Trinajstić information content (AvgIpc) is 2.74. The number of morpholine rings is 1. The number of hydrogen-bond donors (Lipinski definition) is 0. The monoisotopic (exact) mass is 373 g/mol. The predicted octanol–water partition coefficient (Wildman–Crippen LogP) is 2.34. The van der Waals surface area contributed by atoms with E-state index in [4.69, 9.17) is 9.47 Å². The second-order valence-corrected chi connectivity index (χ2v) is 8.07. The number of pyridine rings is 1. The van der Waals surface area contributed by atoms with E-state index in [1.165, 1.54) is 0 Å². The maximum Gasteiger partial charge on any atom is 0.314 e. The fourth-order valence-electron chi connectivity index (χ4n) is 5.29. The second kappa shape index (κ2) is 8.15. The van der Waals surface area contributed by atoms with E-state index in [0.717, 1.165) is 70.8 Å². The minimum Gasteiger partial charge on any atom is -0.466 e. The summed E-state index contributed by atoms with van der Waals surface area (Å²) >= 11 is 0. The Labute approximate surface area is 161 Å². The predicted molar refractivity (Wildman–Crippen MR) is 104 cm³/mol. The summed E-state index contributed by atoms with van der Waals surface area (Å²) in [7, 11) is 0. The molecule has 1 aromatic heterocycles. The van der Waals surface area contributed by atoms with Crippen molar-refractivity contribution in [3.63, 3.8) is 0 Å². The van der Waals surface area contributed by atoms with Gasteiger partial charge in [0.2, 0.25) is 0 Å². The molecule has 0 spiro atoms. The number of piperidine rings is 1. The standard InChI is InChI=1S/C21H31N3O3/c1-2-27-20(25)21-7-3-19(23-11-13-26-14-12-23)15-17(21)6-10-24(16-21)18-4-8-22-9-5-18/h4-5,8-9,17,19H,2-3,6-7,10-16H2,1H3/t17-,19-,21-/m1/s1. The first-order valence-electron chi connectivity index (χ1n) is 10.4. The first kappa shape index (κ1) is 18.7. The van der Waals surface area contributed by atoms with Gasteiger partial charge in [-0.1, -0.05) is 0 Å². The molecule has 0 aromatic carbocycles. The fraction of sp³-hybridized carbons (Fsp3) is 0.714. The van der Waals surface area contributed by atoms with Gasteiger partial charge in [0.05, 0.1) is 25.2 Å². The van der Waals surface area contributed by atoms with Crippen molar-refractivity contribution in [3.05, 3.63) is 24.5 Å². The zero-order chi connectivity index (χ0) is 18.7. The highest BCUT2D eigenvalue weighted by atomic mass is 16.5. The lowest BCUT2D eigenvalue weighted by atomic mass is 9.61. The summed E-state index contributed by atoms with van der Waals surface area (Å²) < 4.78 is 11.1. The van der Waals surface area contributed by atoms with Crippen LogP contribution in [0.15, 0.2) is 24.5 Å². The summed E-state index contributed by atoms with van der Waals surface area (Å²) in [5.41, 5.74) is 0.780. The second-order valence-electron chi connectivity index (χ2n) is 8.07. The number of carbonyl (C=O) groups excluding carboxylic acids is 1. The molecule has 6 heteroatoms. The molecule has 4 rings (SSSR count). The topological polar surface area (TPSA) is 54.9 Å². The van der Waals surface area contributed by atoms with Crippen LogP contribution in [0.25, 0.3) is 0 Å². The number of aromatic nitrogens is 1. The lowest BCUT2D eigenvalue weighted by Gasteiger charge is -2.53. The van der Waals surface area contributed by atoms with Crippen LogP contribution in [0.3, 0.4) is 0 Å². The Hall–Kier alpha value is -1.66. The number of carbonyl (C=O) groups is 1. The normalized spacial score (nSPS) is 32.0. The van der Waals surface area contributed by atoms with E-state index in [2.05, 4.69) is 14.8 Å². The molecule has 1 aromatic rings. The number of hydrogen-bond acceptors (Lipinski definition) is 6. The molecule has 6 nitrogen and oxygen atoms in total. The van der Waals surface area contributed by atoms with Crippen LogP contribution in [0.4, 0.5) is 5.69 Å². The molecule has 0 unspecified atom stereocenters. The molecule has 148 valence electrons. The maximum atomic E-state index is 13.1. The summed E-state index contributed by atoms with van der Waals surface area (Å²) in [6.45, 7) is 7.82. The molecular formula is C21H31N3O3. The van der Waals surface area contributed by atoms with E-state index in [1.807, 2.05) is 31.5 Å². The molecule has 1 saturated carbocycles. The fourth-order valence-corrected chi connectivity index (χ4v) is 5.29. The van der Waals surface area contributed by atoms with E-state index in [1.54, 1.807) is 0 Å². The molecule has 0 bridgehead atoms. The van der Waals surface area contributed by atoms with Gasteiger partial charge in [-0.2, -0.15) is 0 Å². The number of rotatable bonds is 4. The van der Waals surface area contributed by atoms with Crippen molar-refractivity contribution in [2.75, 3.05) is 50.9 Å². The summed E-state index contributed by atoms with van der Waals surface area (Å²) in [5, 5.41) is 0. The number of ether oxygens (including phenoxy) is 2. The molecule has 27 heavy (non-hydrogen) atoms. The number of fused-ring (bicyclic) bond motifs is 1. The van der Waals surface area contributed by atoms with Gasteiger partial charge in [0.1, 0.15) is 0 Å². The van der Waals surface area contributed by atoms with Gasteiger partial charge in [-0.3, -0.25) is 14.7 Å². The Bertz CT molecular complexity index is 635. The van der Waals surface area contributed by atoms with Crippen molar-refractivity contribution in [2.45, 2.75) is 38.6 Å². The highest BCUT2D eigenvalue weighted by molar-refractivity contribution is 5.79. The molecule has 0 radical (unpaired) electrons. The lowest BCUT2D eigenvalue weighted by Crippen LogP contribution is -2.59. The molecule has 2 saturated heterocycles. The smallest absolute Gasteiger partial charge is 0.314 e. The van der Waals surface area contributed by atoms with E-state index in [9.17, 15) is 4.79 Å². The summed E-state index contributed by atoms with van der Waals surface area (Å²) in [5.74, 6) is 0.408. The van der Waals surface area contributed by atoms with Crippen molar-refractivity contribution in [3.8, 4) is 0 Å². The molecule has 0 amide bonds. The van der Waals surface area contributed by atoms with Crippen molar-refractivity contribution in [2.24, 2.45) is 11.3 Å². The van der Waals surface area contributed by atoms with Crippen molar-refractivity contribution < 1.29 is 14.3 Å². The SMILES string of the molecule is CCOC(=O)[C@@]12CC[C@@H](N3CCOCC3)C[C@H]1CCN(c1ccncc1)C2. The van der Waals surface area contributed by atoms with Gasteiger partial charge in [-0.15, -0.1) is 0 Å². The third-order valence-electron chi connectivity index (χ3n) is 6.75. The van der Waals surface area contributed by atoms with Crippen molar-refractivity contribution >= 4 is 11.7 Å². The highest BCUT2D eigenvalue weighted by Crippen LogP contribution is 2.49. The molecule has 2 aliphatic heterocycles. The van der Waals surface area contributed by atoms with Crippen LogP contribution in [0, 0.1) is 11.3 Å². The average molecular weight is 373 g/mol. The van der Waals surface area contributed by atoms with E-state index in [-0.39, 0.29) is 11.4 Å². The van der Waals surface area contributed by atoms with E-state index in [0.29, 0.717) is 18.6 Å². The quantitative estimate of drug-likeness (QED) is 0.755. The summed E-state index contributed by atoms with van der Waals surface area (Å²) in [4.78, 5) is 22.2. The van der Waals surface area contributed by atoms with Crippen LogP contribution < -0.4 is 4.90 Å². The summed E-state index contributed by atoms with van der Waals surface area (Å²) in [6.07, 6.45) is 7.78. The molecule has 3 atom stereocenters. The molecule has 0 N–H and O–H groups in total. The zero-order valence-electron chi connectivity index (χ0n) is 16.3. The third-order valence-corrected chi connectivity index (χ3v) is 6.75. The van der Waals surface area contributed by atoms with Gasteiger partial charge in [0.25, 0.3) is 0 Å². The Kier molecular flexibility index (Phi) is 5.64. The van der Waals surface area contributed by atoms with Gasteiger partial charge in [0.15, 0.2) is 0 Å². The van der Waals surface area contributed by atoms with Crippen LogP contribution >= 0.6 is 0 Å². The minimum atomic E-state index is -0.375. The Morgan fingerprint density at radius 3 is 2.78 bits per heavy atom. The largest absolute Gasteiger partial charge is 0.466 e.